The van der Waals surface area contributed by atoms with Crippen molar-refractivity contribution >= 4 is 17.0 Å². The topological polar surface area (TPSA) is 85.1 Å². The monoisotopic (exact) mass is 325 g/mol. The van der Waals surface area contributed by atoms with Crippen LogP contribution in [0.3, 0.4) is 0 Å². The number of hydrogen-bond donors (Lipinski definition) is 2. The Labute approximate surface area is 139 Å². The van der Waals surface area contributed by atoms with Crippen LogP contribution in [-0.2, 0) is 11.3 Å². The van der Waals surface area contributed by atoms with Crippen molar-refractivity contribution in [2.45, 2.75) is 32.0 Å². The van der Waals surface area contributed by atoms with Crippen molar-refractivity contribution in [1.29, 1.82) is 0 Å². The number of hydrogen-bond acceptors (Lipinski definition) is 6. The Morgan fingerprint density at radius 1 is 1.21 bits per heavy atom. The summed E-state index contributed by atoms with van der Waals surface area (Å²) in [5.74, 6) is 0.911. The maximum atomic E-state index is 9.87. The van der Waals surface area contributed by atoms with Gasteiger partial charge in [0.15, 0.2) is 17.0 Å². The first kappa shape index (κ1) is 14.9. The molecule has 24 heavy (non-hydrogen) atoms. The molecule has 1 saturated heterocycles. The Morgan fingerprint density at radius 3 is 2.96 bits per heavy atom. The lowest BCUT2D eigenvalue weighted by atomic mass is 10.2. The van der Waals surface area contributed by atoms with Gasteiger partial charge >= 0.3 is 0 Å². The van der Waals surface area contributed by atoms with Gasteiger partial charge in [0.1, 0.15) is 18.3 Å². The first-order valence-corrected chi connectivity index (χ1v) is 8.13. The third-order valence-electron chi connectivity index (χ3n) is 4.26. The summed E-state index contributed by atoms with van der Waals surface area (Å²) in [5, 5.41) is 13.1. The van der Waals surface area contributed by atoms with Crippen LogP contribution in [0, 0.1) is 0 Å². The van der Waals surface area contributed by atoms with Gasteiger partial charge in [-0.1, -0.05) is 18.2 Å². The van der Waals surface area contributed by atoms with Crippen molar-refractivity contribution in [3.8, 4) is 5.75 Å². The number of phenols is 1. The number of nitrogens with zero attached hydrogens (tertiary/aromatic N) is 4. The van der Waals surface area contributed by atoms with Gasteiger partial charge in [-0.3, -0.25) is 4.57 Å². The number of benzene rings is 1. The molecule has 1 aliphatic rings. The molecule has 4 rings (SSSR count). The van der Waals surface area contributed by atoms with E-state index in [9.17, 15) is 5.11 Å². The number of phenolic OH excluding ortho intramolecular Hbond substituents is 1. The summed E-state index contributed by atoms with van der Waals surface area (Å²) in [4.78, 5) is 13.1. The molecular weight excluding hydrogens is 306 g/mol. The van der Waals surface area contributed by atoms with Crippen molar-refractivity contribution in [2.24, 2.45) is 0 Å². The lowest BCUT2D eigenvalue weighted by molar-refractivity contribution is -0.0298. The molecule has 2 N–H and O–H groups in total. The largest absolute Gasteiger partial charge is 0.508 e. The van der Waals surface area contributed by atoms with Gasteiger partial charge in [0.05, 0.1) is 6.33 Å². The highest BCUT2D eigenvalue weighted by atomic mass is 16.5. The fourth-order valence-corrected chi connectivity index (χ4v) is 2.97. The average molecular weight is 325 g/mol. The second-order valence-electron chi connectivity index (χ2n) is 5.85. The zero-order valence-corrected chi connectivity index (χ0v) is 13.2. The van der Waals surface area contributed by atoms with Gasteiger partial charge in [0.25, 0.3) is 0 Å². The average Bonchev–Trinajstić information content (AvgIpc) is 3.06. The number of anilines is 1. The number of aromatic nitrogens is 4. The van der Waals surface area contributed by atoms with E-state index in [4.69, 9.17) is 4.74 Å². The summed E-state index contributed by atoms with van der Waals surface area (Å²) in [7, 11) is 0. The SMILES string of the molecule is Oc1ccccc1CNc1ncnc2c1ncn2C1CCCCO1. The van der Waals surface area contributed by atoms with E-state index in [1.165, 1.54) is 6.33 Å². The van der Waals surface area contributed by atoms with E-state index >= 15 is 0 Å². The maximum absolute atomic E-state index is 9.87. The fourth-order valence-electron chi connectivity index (χ4n) is 2.97. The zero-order chi connectivity index (χ0) is 16.4. The van der Waals surface area contributed by atoms with E-state index in [2.05, 4.69) is 20.3 Å². The number of imidazole rings is 1. The normalized spacial score (nSPS) is 17.9. The number of para-hydroxylation sites is 1. The molecule has 1 aromatic carbocycles. The molecule has 0 radical (unpaired) electrons. The van der Waals surface area contributed by atoms with Gasteiger partial charge in [-0.25, -0.2) is 15.0 Å². The Hall–Kier alpha value is -2.67. The van der Waals surface area contributed by atoms with E-state index in [1.54, 1.807) is 18.5 Å². The summed E-state index contributed by atoms with van der Waals surface area (Å²) >= 11 is 0. The third kappa shape index (κ3) is 2.78. The number of aromatic hydroxyl groups is 1. The van der Waals surface area contributed by atoms with Crippen LogP contribution < -0.4 is 5.32 Å². The van der Waals surface area contributed by atoms with Crippen LogP contribution in [-0.4, -0.2) is 31.2 Å². The molecule has 7 nitrogen and oxygen atoms in total. The van der Waals surface area contributed by atoms with Crippen LogP contribution in [0.25, 0.3) is 11.2 Å². The van der Waals surface area contributed by atoms with Crippen molar-refractivity contribution in [3.63, 3.8) is 0 Å². The minimum absolute atomic E-state index is 0.00957. The Balaban J connectivity index is 1.60. The maximum Gasteiger partial charge on any atom is 0.167 e. The quantitative estimate of drug-likeness (QED) is 0.767. The lowest BCUT2D eigenvalue weighted by Crippen LogP contribution is -2.17. The van der Waals surface area contributed by atoms with Crippen molar-refractivity contribution in [3.05, 3.63) is 42.5 Å². The molecule has 3 aromatic rings. The van der Waals surface area contributed by atoms with E-state index in [0.29, 0.717) is 17.9 Å². The molecule has 0 saturated carbocycles. The second kappa shape index (κ2) is 6.45. The highest BCUT2D eigenvalue weighted by Gasteiger charge is 2.20. The van der Waals surface area contributed by atoms with Gasteiger partial charge in [0.2, 0.25) is 0 Å². The van der Waals surface area contributed by atoms with Crippen LogP contribution in [0.1, 0.15) is 31.1 Å². The smallest absolute Gasteiger partial charge is 0.167 e. The van der Waals surface area contributed by atoms with E-state index in [0.717, 1.165) is 37.1 Å². The molecule has 124 valence electrons. The fraction of sp³-hybridized carbons (Fsp3) is 0.353. The number of rotatable bonds is 4. The van der Waals surface area contributed by atoms with E-state index in [1.807, 2.05) is 16.7 Å². The summed E-state index contributed by atoms with van der Waals surface area (Å²) in [5.41, 5.74) is 2.28. The molecule has 0 bridgehead atoms. The molecule has 1 atom stereocenters. The molecule has 0 amide bonds. The van der Waals surface area contributed by atoms with Gasteiger partial charge < -0.3 is 15.2 Å². The summed E-state index contributed by atoms with van der Waals surface area (Å²) < 4.78 is 7.80. The van der Waals surface area contributed by atoms with Crippen LogP contribution >= 0.6 is 0 Å². The Bertz CT molecular complexity index is 842. The van der Waals surface area contributed by atoms with Gasteiger partial charge in [-0.15, -0.1) is 0 Å². The number of nitrogens with one attached hydrogen (secondary N) is 1. The molecule has 1 fully saturated rings. The first-order valence-electron chi connectivity index (χ1n) is 8.13. The molecule has 1 aliphatic heterocycles. The summed E-state index contributed by atoms with van der Waals surface area (Å²) in [6.45, 7) is 1.24. The number of ether oxygens (including phenoxy) is 1. The van der Waals surface area contributed by atoms with E-state index in [-0.39, 0.29) is 12.0 Å². The predicted octanol–water partition coefficient (Wildman–Crippen LogP) is 2.84. The predicted molar refractivity (Wildman–Crippen MR) is 89.6 cm³/mol. The van der Waals surface area contributed by atoms with Crippen LogP contribution in [0.2, 0.25) is 0 Å². The minimum atomic E-state index is -0.00957. The molecule has 3 heterocycles. The van der Waals surface area contributed by atoms with Crippen LogP contribution in [0.4, 0.5) is 5.82 Å². The third-order valence-corrected chi connectivity index (χ3v) is 4.26. The molecule has 0 aliphatic carbocycles. The zero-order valence-electron chi connectivity index (χ0n) is 13.2. The first-order chi connectivity index (χ1) is 11.8. The molecule has 1 unspecified atom stereocenters. The van der Waals surface area contributed by atoms with Crippen LogP contribution in [0.5, 0.6) is 5.75 Å². The van der Waals surface area contributed by atoms with Gasteiger partial charge in [-0.05, 0) is 25.3 Å². The molecule has 2 aromatic heterocycles. The lowest BCUT2D eigenvalue weighted by Gasteiger charge is -2.23. The highest BCUT2D eigenvalue weighted by molar-refractivity contribution is 5.82. The molecular formula is C17H19N5O2. The Morgan fingerprint density at radius 2 is 2.12 bits per heavy atom. The number of fused-ring (bicyclic) bond motifs is 1. The second-order valence-corrected chi connectivity index (χ2v) is 5.85. The van der Waals surface area contributed by atoms with Crippen LogP contribution in [0.15, 0.2) is 36.9 Å². The van der Waals surface area contributed by atoms with Crippen molar-refractivity contribution in [2.75, 3.05) is 11.9 Å². The van der Waals surface area contributed by atoms with Crippen molar-refractivity contribution in [1.82, 2.24) is 19.5 Å². The molecule has 7 heteroatoms. The van der Waals surface area contributed by atoms with E-state index < -0.39 is 0 Å². The standard InChI is InChI=1S/C17H19N5O2/c23-13-6-2-1-5-12(13)9-18-16-15-17(20-10-19-16)22(11-21-15)14-7-3-4-8-24-14/h1-2,5-6,10-11,14,23H,3-4,7-9H2,(H,18,19,20). The summed E-state index contributed by atoms with van der Waals surface area (Å²) in [6.07, 6.45) is 6.50. The minimum Gasteiger partial charge on any atom is -0.508 e. The Kier molecular flexibility index (Phi) is 4.00. The molecule has 0 spiro atoms. The van der Waals surface area contributed by atoms with Gasteiger partial charge in [-0.2, -0.15) is 0 Å². The van der Waals surface area contributed by atoms with Crippen molar-refractivity contribution < 1.29 is 9.84 Å². The van der Waals surface area contributed by atoms with Gasteiger partial charge in [0, 0.05) is 18.7 Å². The highest BCUT2D eigenvalue weighted by Crippen LogP contribution is 2.27. The summed E-state index contributed by atoms with van der Waals surface area (Å²) in [6, 6.07) is 7.23.